The van der Waals surface area contributed by atoms with Crippen LogP contribution in [0, 0.1) is 5.92 Å². The fraction of sp³-hybridized carbons (Fsp3) is 0.583. The van der Waals surface area contributed by atoms with Gasteiger partial charge in [-0.3, -0.25) is 4.79 Å². The molecular formula is C12H20N2O3. The van der Waals surface area contributed by atoms with E-state index in [0.29, 0.717) is 18.2 Å². The molecule has 1 aromatic rings. The first kappa shape index (κ1) is 13.7. The van der Waals surface area contributed by atoms with Crippen molar-refractivity contribution in [1.29, 1.82) is 0 Å². The van der Waals surface area contributed by atoms with E-state index in [1.54, 1.807) is 18.3 Å². The van der Waals surface area contributed by atoms with Gasteiger partial charge in [0.1, 0.15) is 5.69 Å². The first-order chi connectivity index (χ1) is 8.09. The van der Waals surface area contributed by atoms with E-state index in [1.807, 2.05) is 13.8 Å². The third kappa shape index (κ3) is 5.51. The highest BCUT2D eigenvalue weighted by Gasteiger charge is 2.09. The Morgan fingerprint density at radius 3 is 2.88 bits per heavy atom. The lowest BCUT2D eigenvalue weighted by atomic mass is 10.2. The second kappa shape index (κ2) is 7.09. The maximum Gasteiger partial charge on any atom is 0.267 e. The highest BCUT2D eigenvalue weighted by Crippen LogP contribution is 1.95. The number of H-pyrrole nitrogens is 1. The monoisotopic (exact) mass is 240 g/mol. The Kier molecular flexibility index (Phi) is 5.72. The zero-order valence-corrected chi connectivity index (χ0v) is 10.3. The van der Waals surface area contributed by atoms with E-state index in [4.69, 9.17) is 4.74 Å². The number of amides is 1. The van der Waals surface area contributed by atoms with Crippen LogP contribution in [0.2, 0.25) is 0 Å². The number of hydrogen-bond acceptors (Lipinski definition) is 3. The maximum atomic E-state index is 11.5. The maximum absolute atomic E-state index is 11.5. The van der Waals surface area contributed by atoms with Crippen molar-refractivity contribution in [2.75, 3.05) is 19.8 Å². The van der Waals surface area contributed by atoms with Crippen LogP contribution in [0.25, 0.3) is 0 Å². The lowest BCUT2D eigenvalue weighted by molar-refractivity contribution is 0.0259. The highest BCUT2D eigenvalue weighted by atomic mass is 16.5. The van der Waals surface area contributed by atoms with Gasteiger partial charge in [-0.2, -0.15) is 0 Å². The van der Waals surface area contributed by atoms with E-state index in [1.165, 1.54) is 0 Å². The molecule has 0 radical (unpaired) electrons. The van der Waals surface area contributed by atoms with Crippen molar-refractivity contribution in [2.24, 2.45) is 5.92 Å². The predicted molar refractivity (Wildman–Crippen MR) is 64.8 cm³/mol. The Hall–Kier alpha value is -1.33. The summed E-state index contributed by atoms with van der Waals surface area (Å²) in [4.78, 5) is 14.3. The topological polar surface area (TPSA) is 74.3 Å². The lowest BCUT2D eigenvalue weighted by Gasteiger charge is -2.13. The number of ether oxygens (including phenoxy) is 1. The summed E-state index contributed by atoms with van der Waals surface area (Å²) in [6.07, 6.45) is 1.00. The van der Waals surface area contributed by atoms with Gasteiger partial charge in [0.15, 0.2) is 0 Å². The summed E-state index contributed by atoms with van der Waals surface area (Å²) in [6, 6.07) is 3.42. The van der Waals surface area contributed by atoms with Gasteiger partial charge in [-0.25, -0.2) is 0 Å². The van der Waals surface area contributed by atoms with Crippen LogP contribution < -0.4 is 5.32 Å². The fourth-order valence-corrected chi connectivity index (χ4v) is 1.28. The van der Waals surface area contributed by atoms with Gasteiger partial charge in [-0.15, -0.1) is 0 Å². The molecule has 1 amide bonds. The Bertz CT molecular complexity index is 323. The number of carbonyl (C=O) groups excluding carboxylic acids is 1. The van der Waals surface area contributed by atoms with Crippen LogP contribution in [-0.2, 0) is 4.74 Å². The van der Waals surface area contributed by atoms with Crippen LogP contribution in [0.15, 0.2) is 18.3 Å². The Morgan fingerprint density at radius 2 is 2.29 bits per heavy atom. The number of carbonyl (C=O) groups is 1. The molecule has 1 aromatic heterocycles. The quantitative estimate of drug-likeness (QED) is 0.659. The molecule has 0 aromatic carbocycles. The van der Waals surface area contributed by atoms with Gasteiger partial charge in [-0.1, -0.05) is 13.8 Å². The van der Waals surface area contributed by atoms with E-state index in [9.17, 15) is 9.90 Å². The molecule has 17 heavy (non-hydrogen) atoms. The van der Waals surface area contributed by atoms with Crippen molar-refractivity contribution in [3.63, 3.8) is 0 Å². The number of rotatable bonds is 7. The Balaban J connectivity index is 2.15. The number of aliphatic hydroxyl groups is 1. The molecule has 1 heterocycles. The molecule has 96 valence electrons. The molecule has 0 spiro atoms. The number of aromatic nitrogens is 1. The Morgan fingerprint density at radius 1 is 1.53 bits per heavy atom. The van der Waals surface area contributed by atoms with E-state index in [-0.39, 0.29) is 19.1 Å². The van der Waals surface area contributed by atoms with E-state index < -0.39 is 6.10 Å². The standard InChI is InChI=1S/C12H20N2O3/c1-9(2)7-17-8-10(15)6-14-12(16)11-4-3-5-13-11/h3-5,9-10,13,15H,6-8H2,1-2H3,(H,14,16). The zero-order chi connectivity index (χ0) is 12.7. The molecule has 1 atom stereocenters. The number of nitrogens with one attached hydrogen (secondary N) is 2. The summed E-state index contributed by atoms with van der Waals surface area (Å²) in [5.41, 5.74) is 0.486. The minimum Gasteiger partial charge on any atom is -0.389 e. The van der Waals surface area contributed by atoms with E-state index in [0.717, 1.165) is 0 Å². The number of aliphatic hydroxyl groups excluding tert-OH is 1. The smallest absolute Gasteiger partial charge is 0.267 e. The zero-order valence-electron chi connectivity index (χ0n) is 10.3. The van der Waals surface area contributed by atoms with Crippen LogP contribution in [0.3, 0.4) is 0 Å². The van der Waals surface area contributed by atoms with Crippen molar-refractivity contribution in [3.8, 4) is 0 Å². The van der Waals surface area contributed by atoms with Gasteiger partial charge in [0.2, 0.25) is 0 Å². The molecule has 0 aliphatic heterocycles. The van der Waals surface area contributed by atoms with Gasteiger partial charge in [0, 0.05) is 19.3 Å². The van der Waals surface area contributed by atoms with Crippen LogP contribution in [0.1, 0.15) is 24.3 Å². The molecule has 0 aliphatic carbocycles. The normalized spacial score (nSPS) is 12.7. The molecular weight excluding hydrogens is 220 g/mol. The average molecular weight is 240 g/mol. The summed E-state index contributed by atoms with van der Waals surface area (Å²) < 4.78 is 5.27. The second-order valence-corrected chi connectivity index (χ2v) is 4.38. The molecule has 0 aliphatic rings. The fourth-order valence-electron chi connectivity index (χ4n) is 1.28. The first-order valence-electron chi connectivity index (χ1n) is 5.77. The van der Waals surface area contributed by atoms with Crippen molar-refractivity contribution in [1.82, 2.24) is 10.3 Å². The second-order valence-electron chi connectivity index (χ2n) is 4.38. The lowest BCUT2D eigenvalue weighted by Crippen LogP contribution is -2.35. The molecule has 1 unspecified atom stereocenters. The van der Waals surface area contributed by atoms with Crippen molar-refractivity contribution < 1.29 is 14.6 Å². The predicted octanol–water partition coefficient (Wildman–Crippen LogP) is 0.778. The third-order valence-corrected chi connectivity index (χ3v) is 2.10. The summed E-state index contributed by atoms with van der Waals surface area (Å²) >= 11 is 0. The van der Waals surface area contributed by atoms with Gasteiger partial charge < -0.3 is 20.1 Å². The van der Waals surface area contributed by atoms with Crippen LogP contribution in [-0.4, -0.2) is 41.9 Å². The first-order valence-corrected chi connectivity index (χ1v) is 5.77. The minimum absolute atomic E-state index is 0.190. The van der Waals surface area contributed by atoms with E-state index >= 15 is 0 Å². The molecule has 5 nitrogen and oxygen atoms in total. The molecule has 0 saturated carbocycles. The molecule has 0 fully saturated rings. The van der Waals surface area contributed by atoms with Crippen molar-refractivity contribution in [3.05, 3.63) is 24.0 Å². The third-order valence-electron chi connectivity index (χ3n) is 2.10. The number of aromatic amines is 1. The molecule has 1 rings (SSSR count). The summed E-state index contributed by atoms with van der Waals surface area (Å²) in [7, 11) is 0. The highest BCUT2D eigenvalue weighted by molar-refractivity contribution is 5.92. The van der Waals surface area contributed by atoms with E-state index in [2.05, 4.69) is 10.3 Å². The summed E-state index contributed by atoms with van der Waals surface area (Å²) in [5.74, 6) is 0.216. The summed E-state index contributed by atoms with van der Waals surface area (Å²) in [5, 5.41) is 12.2. The molecule has 0 bridgehead atoms. The van der Waals surface area contributed by atoms with Gasteiger partial charge in [0.25, 0.3) is 5.91 Å². The molecule has 0 saturated heterocycles. The van der Waals surface area contributed by atoms with Gasteiger partial charge in [-0.05, 0) is 18.1 Å². The number of hydrogen-bond donors (Lipinski definition) is 3. The molecule has 3 N–H and O–H groups in total. The summed E-state index contributed by atoms with van der Waals surface area (Å²) in [6.45, 7) is 5.12. The largest absolute Gasteiger partial charge is 0.389 e. The minimum atomic E-state index is -0.673. The van der Waals surface area contributed by atoms with Gasteiger partial charge in [0.05, 0.1) is 12.7 Å². The van der Waals surface area contributed by atoms with Crippen molar-refractivity contribution in [2.45, 2.75) is 20.0 Å². The van der Waals surface area contributed by atoms with Crippen molar-refractivity contribution >= 4 is 5.91 Å². The molecule has 5 heteroatoms. The van der Waals surface area contributed by atoms with Crippen LogP contribution >= 0.6 is 0 Å². The Labute approximate surface area is 101 Å². The van der Waals surface area contributed by atoms with Crippen LogP contribution in [0.5, 0.6) is 0 Å². The average Bonchev–Trinajstić information content (AvgIpc) is 2.78. The van der Waals surface area contributed by atoms with Gasteiger partial charge >= 0.3 is 0 Å². The van der Waals surface area contributed by atoms with Crippen LogP contribution in [0.4, 0.5) is 0 Å². The SMILES string of the molecule is CC(C)COCC(O)CNC(=O)c1ccc[nH]1.